The Morgan fingerprint density at radius 3 is 2.92 bits per heavy atom. The Morgan fingerprint density at radius 1 is 1.29 bits per heavy atom. The zero-order valence-corrected chi connectivity index (χ0v) is 14.9. The average Bonchev–Trinajstić information content (AvgIpc) is 2.64. The molecule has 5 nitrogen and oxygen atoms in total. The maximum absolute atomic E-state index is 5.89. The Bertz CT molecular complexity index is 608. The molecule has 1 fully saturated rings. The van der Waals surface area contributed by atoms with E-state index in [9.17, 15) is 0 Å². The van der Waals surface area contributed by atoms with E-state index in [0.717, 1.165) is 48.3 Å². The summed E-state index contributed by atoms with van der Waals surface area (Å²) in [6.07, 6.45) is 10.1. The maximum atomic E-state index is 5.89. The van der Waals surface area contributed by atoms with Gasteiger partial charge in [-0.2, -0.15) is 0 Å². The van der Waals surface area contributed by atoms with E-state index in [-0.39, 0.29) is 6.10 Å². The minimum Gasteiger partial charge on any atom is -0.371 e. The molecule has 3 rings (SSSR count). The van der Waals surface area contributed by atoms with Crippen molar-refractivity contribution in [2.45, 2.75) is 37.6 Å². The third-order valence-corrected chi connectivity index (χ3v) is 4.99. The summed E-state index contributed by atoms with van der Waals surface area (Å²) < 4.78 is 5.89. The SMILES string of the molecule is CCCCSc1ncc(CN2CCO[C@H](c3cccnc3)C2)cn1. The Kier molecular flexibility index (Phi) is 6.57. The van der Waals surface area contributed by atoms with Crippen LogP contribution in [0.5, 0.6) is 0 Å². The Hall–Kier alpha value is -1.50. The molecule has 1 saturated heterocycles. The summed E-state index contributed by atoms with van der Waals surface area (Å²) in [4.78, 5) is 15.5. The van der Waals surface area contributed by atoms with Gasteiger partial charge in [-0.15, -0.1) is 0 Å². The molecule has 24 heavy (non-hydrogen) atoms. The minimum absolute atomic E-state index is 0.0947. The molecule has 0 unspecified atom stereocenters. The summed E-state index contributed by atoms with van der Waals surface area (Å²) in [5, 5.41) is 0.877. The number of pyridine rings is 1. The van der Waals surface area contributed by atoms with Crippen LogP contribution in [0.25, 0.3) is 0 Å². The molecule has 128 valence electrons. The van der Waals surface area contributed by atoms with Crippen LogP contribution >= 0.6 is 11.8 Å². The summed E-state index contributed by atoms with van der Waals surface area (Å²) in [5.41, 5.74) is 2.29. The number of morpholine rings is 1. The first-order valence-electron chi connectivity index (χ1n) is 8.52. The molecule has 0 aliphatic carbocycles. The van der Waals surface area contributed by atoms with E-state index in [4.69, 9.17) is 4.74 Å². The van der Waals surface area contributed by atoms with E-state index in [1.165, 1.54) is 12.8 Å². The Balaban J connectivity index is 1.53. The lowest BCUT2D eigenvalue weighted by molar-refractivity contribution is -0.0331. The van der Waals surface area contributed by atoms with Gasteiger partial charge in [0.05, 0.1) is 12.7 Å². The zero-order valence-electron chi connectivity index (χ0n) is 14.1. The number of hydrogen-bond donors (Lipinski definition) is 0. The van der Waals surface area contributed by atoms with Crippen molar-refractivity contribution < 1.29 is 4.74 Å². The maximum Gasteiger partial charge on any atom is 0.187 e. The highest BCUT2D eigenvalue weighted by Gasteiger charge is 2.22. The summed E-state index contributed by atoms with van der Waals surface area (Å²) in [6.45, 7) is 5.61. The topological polar surface area (TPSA) is 51.1 Å². The molecular formula is C18H24N4OS. The van der Waals surface area contributed by atoms with Gasteiger partial charge in [0.15, 0.2) is 5.16 Å². The molecule has 0 N–H and O–H groups in total. The molecule has 6 heteroatoms. The molecule has 0 radical (unpaired) electrons. The second-order valence-corrected chi connectivity index (χ2v) is 7.02. The van der Waals surface area contributed by atoms with Crippen LogP contribution in [0.15, 0.2) is 42.1 Å². The van der Waals surface area contributed by atoms with Crippen molar-refractivity contribution >= 4 is 11.8 Å². The molecule has 0 amide bonds. The largest absolute Gasteiger partial charge is 0.371 e. The van der Waals surface area contributed by atoms with Crippen LogP contribution in [0.4, 0.5) is 0 Å². The number of ether oxygens (including phenoxy) is 1. The number of rotatable bonds is 7. The fourth-order valence-corrected chi connectivity index (χ4v) is 3.55. The number of thioether (sulfide) groups is 1. The Morgan fingerprint density at radius 2 is 2.17 bits per heavy atom. The third-order valence-electron chi connectivity index (χ3n) is 4.02. The lowest BCUT2D eigenvalue weighted by Gasteiger charge is -2.32. The quantitative estimate of drug-likeness (QED) is 0.436. The summed E-state index contributed by atoms with van der Waals surface area (Å²) in [5.74, 6) is 1.09. The van der Waals surface area contributed by atoms with Crippen molar-refractivity contribution in [1.29, 1.82) is 0 Å². The number of hydrogen-bond acceptors (Lipinski definition) is 6. The van der Waals surface area contributed by atoms with Crippen LogP contribution in [0.1, 0.15) is 37.0 Å². The van der Waals surface area contributed by atoms with E-state index >= 15 is 0 Å². The van der Waals surface area contributed by atoms with Gasteiger partial charge >= 0.3 is 0 Å². The van der Waals surface area contributed by atoms with E-state index < -0.39 is 0 Å². The zero-order chi connectivity index (χ0) is 16.6. The molecule has 0 aromatic carbocycles. The van der Waals surface area contributed by atoms with Crippen LogP contribution < -0.4 is 0 Å². The van der Waals surface area contributed by atoms with Crippen LogP contribution in [-0.4, -0.2) is 45.3 Å². The van der Waals surface area contributed by atoms with E-state index in [1.807, 2.05) is 24.7 Å². The molecule has 1 atom stereocenters. The van der Waals surface area contributed by atoms with Gasteiger partial charge in [0.1, 0.15) is 0 Å². The van der Waals surface area contributed by atoms with Crippen molar-refractivity contribution in [2.75, 3.05) is 25.4 Å². The van der Waals surface area contributed by atoms with Gasteiger partial charge in [-0.25, -0.2) is 9.97 Å². The van der Waals surface area contributed by atoms with Crippen LogP contribution in [0.2, 0.25) is 0 Å². The highest BCUT2D eigenvalue weighted by atomic mass is 32.2. The fraction of sp³-hybridized carbons (Fsp3) is 0.500. The standard InChI is InChI=1S/C18H24N4OS/c1-2-3-9-24-18-20-10-15(11-21-18)13-22-7-8-23-17(14-22)16-5-4-6-19-12-16/h4-6,10-12,17H,2-3,7-9,13-14H2,1H3/t17-/m0/s1. The second kappa shape index (κ2) is 9.11. The van der Waals surface area contributed by atoms with Crippen molar-refractivity contribution in [3.63, 3.8) is 0 Å². The van der Waals surface area contributed by atoms with Gasteiger partial charge < -0.3 is 4.74 Å². The molecule has 0 bridgehead atoms. The first-order chi connectivity index (χ1) is 11.8. The molecule has 1 aliphatic rings. The highest BCUT2D eigenvalue weighted by molar-refractivity contribution is 7.99. The number of unbranched alkanes of at least 4 members (excludes halogenated alkanes) is 1. The van der Waals surface area contributed by atoms with Crippen LogP contribution in [0.3, 0.4) is 0 Å². The van der Waals surface area contributed by atoms with Crippen molar-refractivity contribution in [3.8, 4) is 0 Å². The third kappa shape index (κ3) is 5.00. The summed E-state index contributed by atoms with van der Waals surface area (Å²) >= 11 is 1.73. The van der Waals surface area contributed by atoms with Crippen molar-refractivity contribution in [1.82, 2.24) is 19.9 Å². The van der Waals surface area contributed by atoms with Gasteiger partial charge in [-0.3, -0.25) is 9.88 Å². The molecular weight excluding hydrogens is 320 g/mol. The molecule has 1 aliphatic heterocycles. The van der Waals surface area contributed by atoms with Crippen LogP contribution in [0, 0.1) is 0 Å². The van der Waals surface area contributed by atoms with E-state index in [2.05, 4.69) is 32.8 Å². The van der Waals surface area contributed by atoms with Gasteiger partial charge in [0.2, 0.25) is 0 Å². The molecule has 0 spiro atoms. The van der Waals surface area contributed by atoms with E-state index in [1.54, 1.807) is 18.0 Å². The average molecular weight is 344 g/mol. The molecule has 2 aromatic rings. The fourth-order valence-electron chi connectivity index (χ4n) is 2.68. The molecule has 2 aromatic heterocycles. The lowest BCUT2D eigenvalue weighted by atomic mass is 10.1. The number of aromatic nitrogens is 3. The Labute approximate surface area is 147 Å². The molecule has 3 heterocycles. The molecule has 0 saturated carbocycles. The predicted octanol–water partition coefficient (Wildman–Crippen LogP) is 3.34. The first kappa shape index (κ1) is 17.3. The minimum atomic E-state index is 0.0947. The highest BCUT2D eigenvalue weighted by Crippen LogP contribution is 2.22. The summed E-state index contributed by atoms with van der Waals surface area (Å²) in [6, 6.07) is 4.03. The van der Waals surface area contributed by atoms with Crippen molar-refractivity contribution in [2.24, 2.45) is 0 Å². The smallest absolute Gasteiger partial charge is 0.187 e. The normalized spacial score (nSPS) is 18.6. The first-order valence-corrected chi connectivity index (χ1v) is 9.51. The summed E-state index contributed by atoms with van der Waals surface area (Å²) in [7, 11) is 0. The van der Waals surface area contributed by atoms with Gasteiger partial charge in [-0.1, -0.05) is 31.2 Å². The van der Waals surface area contributed by atoms with Crippen molar-refractivity contribution in [3.05, 3.63) is 48.0 Å². The van der Waals surface area contributed by atoms with Crippen LogP contribution in [-0.2, 0) is 11.3 Å². The van der Waals surface area contributed by atoms with E-state index in [0.29, 0.717) is 0 Å². The van der Waals surface area contributed by atoms with Gasteiger partial charge in [0, 0.05) is 61.3 Å². The predicted molar refractivity (Wildman–Crippen MR) is 95.9 cm³/mol. The second-order valence-electron chi connectivity index (χ2n) is 5.96. The lowest BCUT2D eigenvalue weighted by Crippen LogP contribution is -2.37. The van der Waals surface area contributed by atoms with Gasteiger partial charge in [-0.05, 0) is 12.5 Å². The monoisotopic (exact) mass is 344 g/mol. The van der Waals surface area contributed by atoms with Gasteiger partial charge in [0.25, 0.3) is 0 Å². The number of nitrogens with zero attached hydrogens (tertiary/aromatic N) is 4.